The molecule has 2 aliphatic rings. The molecule has 0 aromatic rings. The molecule has 0 spiro atoms. The SMILES string of the molecule is C/C=C(\C)[C@H]1OC(=O)[C@@H](C)NC(=O)[C@H](C(C)CC)NC(=O)CN(C)C(=O)[C@@H](CC2CCCCC2)N(C)C(=O)[C@H](C)NC(=O)[C@@H](CC(C)C)NC(=O)/C(C)=C/C[C@H](O)[C@@H]1C. The highest BCUT2D eigenvalue weighted by Crippen LogP contribution is 2.29. The van der Waals surface area contributed by atoms with Crippen molar-refractivity contribution in [2.45, 2.75) is 169 Å². The molecule has 15 heteroatoms. The third-order valence-electron chi connectivity index (χ3n) is 12.0. The van der Waals surface area contributed by atoms with Gasteiger partial charge in [-0.05, 0) is 77.2 Å². The van der Waals surface area contributed by atoms with Crippen molar-refractivity contribution < 1.29 is 43.4 Å². The van der Waals surface area contributed by atoms with Crippen LogP contribution in [0.25, 0.3) is 0 Å². The number of hydrogen-bond acceptors (Lipinski definition) is 9. The topological polar surface area (TPSA) is 204 Å². The molecule has 1 aliphatic heterocycles. The molecule has 15 nitrogen and oxygen atoms in total. The smallest absolute Gasteiger partial charge is 0.328 e. The van der Waals surface area contributed by atoms with Crippen LogP contribution in [0, 0.1) is 23.7 Å². The molecule has 9 atom stereocenters. The largest absolute Gasteiger partial charge is 0.456 e. The lowest BCUT2D eigenvalue weighted by Crippen LogP contribution is -2.58. The second-order valence-corrected chi connectivity index (χ2v) is 17.4. The van der Waals surface area contributed by atoms with E-state index < -0.39 is 96.3 Å². The number of nitrogens with one attached hydrogen (secondary N) is 4. The van der Waals surface area contributed by atoms with Gasteiger partial charge in [0.15, 0.2) is 0 Å². The van der Waals surface area contributed by atoms with Crippen molar-refractivity contribution in [1.29, 1.82) is 0 Å². The van der Waals surface area contributed by atoms with Gasteiger partial charge in [-0.25, -0.2) is 4.79 Å². The van der Waals surface area contributed by atoms with Gasteiger partial charge in [0, 0.05) is 25.6 Å². The first-order valence-corrected chi connectivity index (χ1v) is 21.5. The summed E-state index contributed by atoms with van der Waals surface area (Å²) >= 11 is 0. The van der Waals surface area contributed by atoms with Gasteiger partial charge in [0.05, 0.1) is 12.6 Å². The molecule has 334 valence electrons. The highest BCUT2D eigenvalue weighted by molar-refractivity contribution is 5.98. The van der Waals surface area contributed by atoms with Gasteiger partial charge in [0.1, 0.15) is 36.3 Å². The summed E-state index contributed by atoms with van der Waals surface area (Å²) in [5.74, 6) is -4.80. The minimum Gasteiger partial charge on any atom is -0.456 e. The molecule has 2 rings (SSSR count). The van der Waals surface area contributed by atoms with E-state index in [0.29, 0.717) is 18.4 Å². The molecule has 0 bridgehead atoms. The van der Waals surface area contributed by atoms with Crippen LogP contribution in [0.1, 0.15) is 127 Å². The molecule has 0 saturated heterocycles. The Morgan fingerprint density at radius 3 is 2.08 bits per heavy atom. The Labute approximate surface area is 352 Å². The third kappa shape index (κ3) is 15.4. The van der Waals surface area contributed by atoms with Crippen LogP contribution in [0.2, 0.25) is 0 Å². The zero-order valence-corrected chi connectivity index (χ0v) is 37.7. The molecule has 59 heavy (non-hydrogen) atoms. The Bertz CT molecular complexity index is 1540. The summed E-state index contributed by atoms with van der Waals surface area (Å²) in [6, 6.07) is -5.14. The van der Waals surface area contributed by atoms with Gasteiger partial charge in [-0.2, -0.15) is 0 Å². The number of ether oxygens (including phenoxy) is 1. The number of amides is 6. The molecule has 6 amide bonds. The van der Waals surface area contributed by atoms with Crippen molar-refractivity contribution in [2.75, 3.05) is 20.6 Å². The van der Waals surface area contributed by atoms with Gasteiger partial charge < -0.3 is 40.9 Å². The van der Waals surface area contributed by atoms with Gasteiger partial charge in [-0.1, -0.05) is 85.3 Å². The zero-order valence-electron chi connectivity index (χ0n) is 37.7. The molecular weight excluding hydrogens is 757 g/mol. The monoisotopic (exact) mass is 831 g/mol. The number of likely N-dealkylation sites (N-methyl/N-ethyl adjacent to an activating group) is 2. The Kier molecular flexibility index (Phi) is 20.8. The maximum atomic E-state index is 14.2. The van der Waals surface area contributed by atoms with Crippen molar-refractivity contribution in [3.63, 3.8) is 0 Å². The van der Waals surface area contributed by atoms with E-state index in [1.54, 1.807) is 46.8 Å². The van der Waals surface area contributed by atoms with Crippen LogP contribution in [0.4, 0.5) is 0 Å². The van der Waals surface area contributed by atoms with Crippen LogP contribution in [-0.4, -0.2) is 119 Å². The number of carbonyl (C=O) groups is 7. The first-order valence-electron chi connectivity index (χ1n) is 21.5. The fourth-order valence-corrected chi connectivity index (χ4v) is 7.62. The number of aliphatic hydroxyl groups excluding tert-OH is 1. The number of nitrogens with zero attached hydrogens (tertiary/aromatic N) is 2. The van der Waals surface area contributed by atoms with Crippen molar-refractivity contribution in [1.82, 2.24) is 31.1 Å². The summed E-state index contributed by atoms with van der Waals surface area (Å²) in [4.78, 5) is 98.6. The molecule has 1 unspecified atom stereocenters. The van der Waals surface area contributed by atoms with Gasteiger partial charge in [-0.3, -0.25) is 28.8 Å². The molecule has 0 radical (unpaired) electrons. The molecule has 1 fully saturated rings. The first kappa shape index (κ1) is 50.9. The number of hydrogen-bond donors (Lipinski definition) is 5. The maximum absolute atomic E-state index is 14.2. The van der Waals surface area contributed by atoms with E-state index in [-0.39, 0.29) is 36.2 Å². The van der Waals surface area contributed by atoms with Crippen molar-refractivity contribution in [2.24, 2.45) is 23.7 Å². The van der Waals surface area contributed by atoms with Crippen LogP contribution < -0.4 is 21.3 Å². The van der Waals surface area contributed by atoms with Crippen LogP contribution in [0.15, 0.2) is 23.3 Å². The van der Waals surface area contributed by atoms with Crippen molar-refractivity contribution in [3.05, 3.63) is 23.3 Å². The summed E-state index contributed by atoms with van der Waals surface area (Å²) in [5.41, 5.74) is 0.924. The van der Waals surface area contributed by atoms with Crippen LogP contribution in [-0.2, 0) is 38.3 Å². The highest BCUT2D eigenvalue weighted by Gasteiger charge is 2.37. The second-order valence-electron chi connectivity index (χ2n) is 17.4. The van der Waals surface area contributed by atoms with E-state index in [9.17, 15) is 38.7 Å². The summed E-state index contributed by atoms with van der Waals surface area (Å²) in [6.45, 7) is 16.9. The third-order valence-corrected chi connectivity index (χ3v) is 12.0. The number of allylic oxidation sites excluding steroid dienone is 1. The minimum atomic E-state index is -1.12. The second kappa shape index (κ2) is 24.1. The maximum Gasteiger partial charge on any atom is 0.328 e. The molecule has 5 N–H and O–H groups in total. The van der Waals surface area contributed by atoms with E-state index in [1.807, 2.05) is 20.8 Å². The number of carbonyl (C=O) groups excluding carboxylic acids is 7. The number of aliphatic hydroxyl groups is 1. The predicted molar refractivity (Wildman–Crippen MR) is 226 cm³/mol. The van der Waals surface area contributed by atoms with Gasteiger partial charge in [0.2, 0.25) is 35.4 Å². The van der Waals surface area contributed by atoms with E-state index in [2.05, 4.69) is 21.3 Å². The average molecular weight is 831 g/mol. The fourth-order valence-electron chi connectivity index (χ4n) is 7.62. The van der Waals surface area contributed by atoms with Gasteiger partial charge >= 0.3 is 5.97 Å². The summed E-state index contributed by atoms with van der Waals surface area (Å²) in [6.07, 6.45) is 7.52. The van der Waals surface area contributed by atoms with Crippen LogP contribution in [0.5, 0.6) is 0 Å². The average Bonchev–Trinajstić information content (AvgIpc) is 3.20. The summed E-state index contributed by atoms with van der Waals surface area (Å²) in [7, 11) is 2.99. The van der Waals surface area contributed by atoms with Crippen LogP contribution >= 0.6 is 0 Å². The predicted octanol–water partition coefficient (Wildman–Crippen LogP) is 3.54. The normalized spacial score (nSPS) is 30.8. The highest BCUT2D eigenvalue weighted by atomic mass is 16.5. The summed E-state index contributed by atoms with van der Waals surface area (Å²) in [5, 5.41) is 22.2. The first-order chi connectivity index (χ1) is 27.6. The molecular formula is C44H74N6O9. The molecule has 1 aliphatic carbocycles. The van der Waals surface area contributed by atoms with E-state index in [1.165, 1.54) is 37.7 Å². The lowest BCUT2D eigenvalue weighted by Gasteiger charge is -2.35. The molecule has 1 heterocycles. The van der Waals surface area contributed by atoms with E-state index in [0.717, 1.165) is 32.1 Å². The Morgan fingerprint density at radius 1 is 0.898 bits per heavy atom. The molecule has 0 aromatic carbocycles. The number of esters is 1. The van der Waals surface area contributed by atoms with Crippen molar-refractivity contribution in [3.8, 4) is 0 Å². The molecule has 0 aromatic heterocycles. The van der Waals surface area contributed by atoms with E-state index >= 15 is 0 Å². The zero-order chi connectivity index (χ0) is 44.7. The lowest BCUT2D eigenvalue weighted by atomic mass is 9.84. The van der Waals surface area contributed by atoms with E-state index in [4.69, 9.17) is 4.74 Å². The summed E-state index contributed by atoms with van der Waals surface area (Å²) < 4.78 is 5.89. The minimum absolute atomic E-state index is 0.00302. The van der Waals surface area contributed by atoms with Gasteiger partial charge in [-0.15, -0.1) is 0 Å². The molecule has 1 saturated carbocycles. The Balaban J connectivity index is 2.59. The Morgan fingerprint density at radius 2 is 1.51 bits per heavy atom. The lowest BCUT2D eigenvalue weighted by molar-refractivity contribution is -0.155. The number of cyclic esters (lactones) is 1. The fraction of sp³-hybridized carbons (Fsp3) is 0.750. The van der Waals surface area contributed by atoms with Gasteiger partial charge in [0.25, 0.3) is 0 Å². The quantitative estimate of drug-likeness (QED) is 0.188. The standard InChI is InChI=1S/C44H74N6O9/c1-13-26(5)37-41(55)46-31(10)44(58)59-38(27(6)14-2)29(8)35(51)21-20-28(7)39(53)47-33(22-25(3)4)40(54)45-30(9)42(56)50(12)34(23-32-18-16-15-17-19-32)43(57)49(11)24-36(52)48-37/h14,20,25-26,29-35,37-38,51H,13,15-19,21-24H2,1-12H3,(H,45,54)(H,46,55)(H,47,53)(H,48,52)/b27-14+,28-20+/t26?,29-,30-,31+,33+,34+,35-,37-,38+/m0/s1. The van der Waals surface area contributed by atoms with Crippen LogP contribution in [0.3, 0.4) is 0 Å². The number of rotatable bonds is 7. The van der Waals surface area contributed by atoms with Crippen molar-refractivity contribution >= 4 is 41.4 Å². The Hall–Kier alpha value is -4.27.